The summed E-state index contributed by atoms with van der Waals surface area (Å²) in [5.41, 5.74) is 7.28. The molecule has 10 heteroatoms. The molecule has 25 heavy (non-hydrogen) atoms. The van der Waals surface area contributed by atoms with E-state index < -0.39 is 29.0 Å². The molecule has 0 atom stereocenters. The lowest BCUT2D eigenvalue weighted by molar-refractivity contribution is -0.0242. The van der Waals surface area contributed by atoms with E-state index in [1.165, 1.54) is 4.57 Å². The van der Waals surface area contributed by atoms with Crippen molar-refractivity contribution in [2.75, 3.05) is 18.5 Å². The van der Waals surface area contributed by atoms with Crippen LogP contribution in [0.3, 0.4) is 0 Å². The molecule has 1 aliphatic heterocycles. The van der Waals surface area contributed by atoms with Crippen molar-refractivity contribution in [3.05, 3.63) is 30.1 Å². The highest BCUT2D eigenvalue weighted by Crippen LogP contribution is 2.33. The smallest absolute Gasteiger partial charge is 0.279 e. The Morgan fingerprint density at radius 2 is 1.92 bits per heavy atom. The van der Waals surface area contributed by atoms with Crippen LogP contribution in [0, 0.1) is 0 Å². The van der Waals surface area contributed by atoms with Crippen molar-refractivity contribution in [1.29, 1.82) is 0 Å². The van der Waals surface area contributed by atoms with Crippen molar-refractivity contribution >= 4 is 37.8 Å². The minimum absolute atomic E-state index is 0.128. The highest BCUT2D eigenvalue weighted by molar-refractivity contribution is 7.88. The fourth-order valence-electron chi connectivity index (χ4n) is 3.18. The number of aromatic nitrogens is 3. The fourth-order valence-corrected chi connectivity index (χ4v) is 3.96. The van der Waals surface area contributed by atoms with Crippen LogP contribution < -0.4 is 5.73 Å². The maximum atomic E-state index is 14.4. The molecule has 0 aliphatic carbocycles. The Bertz CT molecular complexity index is 1110. The van der Waals surface area contributed by atoms with Gasteiger partial charge in [-0.3, -0.25) is 0 Å². The average Bonchev–Trinajstić information content (AvgIpc) is 2.77. The first kappa shape index (κ1) is 16.2. The minimum atomic E-state index is -3.80. The van der Waals surface area contributed by atoms with Crippen molar-refractivity contribution in [3.63, 3.8) is 0 Å². The number of anilines is 1. The number of nitrogen functional groups attached to an aromatic ring is 1. The molecule has 0 unspecified atom stereocenters. The lowest BCUT2D eigenvalue weighted by Crippen LogP contribution is -2.39. The summed E-state index contributed by atoms with van der Waals surface area (Å²) in [4.78, 5) is 8.59. The number of nitrogens with two attached hydrogens (primary N) is 1. The van der Waals surface area contributed by atoms with E-state index in [9.17, 15) is 17.2 Å². The van der Waals surface area contributed by atoms with E-state index in [1.807, 2.05) is 0 Å². The van der Waals surface area contributed by atoms with Gasteiger partial charge in [0.25, 0.3) is 5.92 Å². The first-order chi connectivity index (χ1) is 11.7. The Hall–Kier alpha value is -2.33. The average molecular weight is 367 g/mol. The highest BCUT2D eigenvalue weighted by Gasteiger charge is 2.40. The topological polar surface area (TPSA) is 94.1 Å². The molecule has 0 radical (unpaired) electrons. The van der Waals surface area contributed by atoms with Gasteiger partial charge in [-0.05, 0) is 6.07 Å². The summed E-state index contributed by atoms with van der Waals surface area (Å²) in [5.74, 6) is -2.88. The summed E-state index contributed by atoms with van der Waals surface area (Å²) in [6.45, 7) is -1.79. The zero-order chi connectivity index (χ0) is 18.0. The molecule has 4 rings (SSSR count). The maximum Gasteiger partial charge on any atom is 0.279 e. The number of halogens is 2. The SMILES string of the molecule is CS(=O)(=O)N1Cc2nc3c(N)nc4ccccc4c3n2CC(F)(F)C1. The van der Waals surface area contributed by atoms with Crippen molar-refractivity contribution in [1.82, 2.24) is 18.8 Å². The van der Waals surface area contributed by atoms with Gasteiger partial charge in [-0.2, -0.15) is 4.31 Å². The van der Waals surface area contributed by atoms with Crippen LogP contribution in [-0.4, -0.2) is 46.0 Å². The van der Waals surface area contributed by atoms with Crippen molar-refractivity contribution < 1.29 is 17.2 Å². The van der Waals surface area contributed by atoms with Crippen LogP contribution in [0.15, 0.2) is 24.3 Å². The molecule has 0 saturated carbocycles. The third-order valence-corrected chi connectivity index (χ3v) is 5.47. The van der Waals surface area contributed by atoms with Gasteiger partial charge in [0.1, 0.15) is 11.3 Å². The second kappa shape index (κ2) is 5.09. The predicted octanol–water partition coefficient (Wildman–Crippen LogP) is 1.58. The lowest BCUT2D eigenvalue weighted by atomic mass is 10.2. The molecule has 2 N–H and O–H groups in total. The standard InChI is InChI=1S/C15H15F2N5O2S/c1-25(23,24)21-6-11-20-12-13(22(11)8-15(16,17)7-21)9-4-2-3-5-10(9)19-14(12)18/h2-5H,6-8H2,1H3,(H2,18,19). The van der Waals surface area contributed by atoms with Gasteiger partial charge < -0.3 is 10.3 Å². The van der Waals surface area contributed by atoms with Crippen molar-refractivity contribution in [2.45, 2.75) is 19.0 Å². The molecule has 3 aromatic rings. The van der Waals surface area contributed by atoms with E-state index in [1.54, 1.807) is 24.3 Å². The number of alkyl halides is 2. The van der Waals surface area contributed by atoms with E-state index in [4.69, 9.17) is 5.73 Å². The third kappa shape index (κ3) is 2.61. The number of para-hydroxylation sites is 1. The van der Waals surface area contributed by atoms with Gasteiger partial charge >= 0.3 is 0 Å². The number of hydrogen-bond acceptors (Lipinski definition) is 5. The molecular weight excluding hydrogens is 352 g/mol. The summed E-state index contributed by atoms with van der Waals surface area (Å²) in [7, 11) is -3.80. The van der Waals surface area contributed by atoms with Gasteiger partial charge in [0.2, 0.25) is 10.0 Å². The number of sulfonamides is 1. The van der Waals surface area contributed by atoms with Crippen molar-refractivity contribution in [2.24, 2.45) is 0 Å². The van der Waals surface area contributed by atoms with Gasteiger partial charge in [0, 0.05) is 5.39 Å². The first-order valence-corrected chi connectivity index (χ1v) is 9.37. The van der Waals surface area contributed by atoms with E-state index >= 15 is 0 Å². The van der Waals surface area contributed by atoms with Crippen LogP contribution >= 0.6 is 0 Å². The number of fused-ring (bicyclic) bond motifs is 5. The summed E-state index contributed by atoms with van der Waals surface area (Å²) in [5, 5.41) is 0.647. The van der Waals surface area contributed by atoms with Crippen molar-refractivity contribution in [3.8, 4) is 0 Å². The molecule has 1 aromatic carbocycles. The molecule has 7 nitrogen and oxygen atoms in total. The normalized spacial score (nSPS) is 18.4. The maximum absolute atomic E-state index is 14.4. The van der Waals surface area contributed by atoms with E-state index in [0.717, 1.165) is 10.6 Å². The molecule has 1 aliphatic rings. The second-order valence-electron chi connectivity index (χ2n) is 6.21. The molecule has 0 bridgehead atoms. The van der Waals surface area contributed by atoms with Crippen LogP contribution in [0.2, 0.25) is 0 Å². The largest absolute Gasteiger partial charge is 0.382 e. The van der Waals surface area contributed by atoms with Crippen LogP contribution in [0.1, 0.15) is 5.82 Å². The molecule has 0 fully saturated rings. The predicted molar refractivity (Wildman–Crippen MR) is 89.6 cm³/mol. The van der Waals surface area contributed by atoms with E-state index in [-0.39, 0.29) is 18.2 Å². The molecule has 0 amide bonds. The molecule has 2 aromatic heterocycles. The van der Waals surface area contributed by atoms with E-state index in [2.05, 4.69) is 9.97 Å². The summed E-state index contributed by atoms with van der Waals surface area (Å²) in [6, 6.07) is 7.05. The molecule has 0 spiro atoms. The van der Waals surface area contributed by atoms with Crippen LogP contribution in [0.4, 0.5) is 14.6 Å². The fraction of sp³-hybridized carbons (Fsp3) is 0.333. The summed E-state index contributed by atoms with van der Waals surface area (Å²) in [6.07, 6.45) is 0.909. The Kier molecular flexibility index (Phi) is 3.29. The zero-order valence-corrected chi connectivity index (χ0v) is 14.1. The summed E-state index contributed by atoms with van der Waals surface area (Å²) < 4.78 is 54.7. The van der Waals surface area contributed by atoms with Crippen LogP contribution in [-0.2, 0) is 23.1 Å². The quantitative estimate of drug-likeness (QED) is 0.705. The number of benzene rings is 1. The van der Waals surface area contributed by atoms with Crippen LogP contribution in [0.5, 0.6) is 0 Å². The lowest BCUT2D eigenvalue weighted by Gasteiger charge is -2.21. The minimum Gasteiger partial charge on any atom is -0.382 e. The second-order valence-corrected chi connectivity index (χ2v) is 8.20. The molecular formula is C15H15F2N5O2S. The van der Waals surface area contributed by atoms with Gasteiger partial charge in [-0.15, -0.1) is 0 Å². The monoisotopic (exact) mass is 367 g/mol. The Labute approximate surface area is 142 Å². The van der Waals surface area contributed by atoms with Gasteiger partial charge in [0.15, 0.2) is 5.82 Å². The Morgan fingerprint density at radius 3 is 2.64 bits per heavy atom. The number of hydrogen-bond donors (Lipinski definition) is 1. The zero-order valence-electron chi connectivity index (χ0n) is 13.3. The van der Waals surface area contributed by atoms with Gasteiger partial charge in [-0.25, -0.2) is 27.2 Å². The molecule has 132 valence electrons. The summed E-state index contributed by atoms with van der Waals surface area (Å²) >= 11 is 0. The van der Waals surface area contributed by atoms with E-state index in [0.29, 0.717) is 21.9 Å². The number of nitrogens with zero attached hydrogens (tertiary/aromatic N) is 4. The Balaban J connectivity index is 2.06. The number of pyridine rings is 1. The van der Waals surface area contributed by atoms with Crippen LogP contribution in [0.25, 0.3) is 21.9 Å². The third-order valence-electron chi connectivity index (χ3n) is 4.27. The molecule has 0 saturated heterocycles. The first-order valence-electron chi connectivity index (χ1n) is 7.52. The number of rotatable bonds is 1. The number of imidazole rings is 1. The van der Waals surface area contributed by atoms with Gasteiger partial charge in [0.05, 0.1) is 36.9 Å². The Morgan fingerprint density at radius 1 is 1.20 bits per heavy atom. The molecule has 3 heterocycles. The van der Waals surface area contributed by atoms with Gasteiger partial charge in [-0.1, -0.05) is 18.2 Å². The highest BCUT2D eigenvalue weighted by atomic mass is 32.2.